The normalized spacial score (nSPS) is 35.6. The van der Waals surface area contributed by atoms with E-state index >= 15 is 0 Å². The molecule has 0 spiro atoms. The molecule has 2 saturated carbocycles. The Morgan fingerprint density at radius 2 is 1.97 bits per heavy atom. The van der Waals surface area contributed by atoms with Crippen LogP contribution in [-0.4, -0.2) is 57.5 Å². The Labute approximate surface area is 198 Å². The molecule has 1 saturated heterocycles. The van der Waals surface area contributed by atoms with Crippen molar-refractivity contribution in [1.82, 2.24) is 9.88 Å². The molecular weight excluding hydrogens is 442 g/mol. The lowest BCUT2D eigenvalue weighted by atomic mass is 9.53. The molecular formula is C24H35N3O3S2. The van der Waals surface area contributed by atoms with Gasteiger partial charge in [0.1, 0.15) is 0 Å². The zero-order chi connectivity index (χ0) is 22.6. The number of aromatic nitrogens is 1. The van der Waals surface area contributed by atoms with E-state index in [4.69, 9.17) is 4.98 Å². The summed E-state index contributed by atoms with van der Waals surface area (Å²) in [6, 6.07) is 0. The van der Waals surface area contributed by atoms with Gasteiger partial charge < -0.3 is 15.3 Å². The van der Waals surface area contributed by atoms with Crippen LogP contribution >= 0.6 is 23.1 Å². The minimum Gasteiger partial charge on any atom is -0.392 e. The second kappa shape index (κ2) is 8.58. The predicted octanol–water partition coefficient (Wildman–Crippen LogP) is 3.76. The Kier molecular flexibility index (Phi) is 6.08. The Morgan fingerprint density at radius 1 is 1.25 bits per heavy atom. The van der Waals surface area contributed by atoms with Gasteiger partial charge in [0, 0.05) is 47.2 Å². The smallest absolute Gasteiger partial charge is 0.229 e. The minimum atomic E-state index is -0.513. The molecule has 6 atom stereocenters. The predicted molar refractivity (Wildman–Crippen MR) is 129 cm³/mol. The maximum absolute atomic E-state index is 13.2. The first-order chi connectivity index (χ1) is 15.3. The highest BCUT2D eigenvalue weighted by molar-refractivity contribution is 7.99. The van der Waals surface area contributed by atoms with E-state index < -0.39 is 6.10 Å². The first-order valence-corrected chi connectivity index (χ1v) is 14.1. The summed E-state index contributed by atoms with van der Waals surface area (Å²) in [5, 5.41) is 15.3. The van der Waals surface area contributed by atoms with Gasteiger partial charge in [-0.3, -0.25) is 9.59 Å². The monoisotopic (exact) mass is 477 g/mol. The van der Waals surface area contributed by atoms with Crippen LogP contribution in [-0.2, 0) is 16.0 Å². The molecule has 2 amide bonds. The number of carbonyl (C=O) groups excluding carboxylic acids is 2. The van der Waals surface area contributed by atoms with Crippen LogP contribution in [0.5, 0.6) is 0 Å². The Morgan fingerprint density at radius 3 is 2.66 bits per heavy atom. The number of thioether (sulfide) groups is 1. The lowest BCUT2D eigenvalue weighted by Crippen LogP contribution is -2.54. The highest BCUT2D eigenvalue weighted by Crippen LogP contribution is 2.57. The van der Waals surface area contributed by atoms with Gasteiger partial charge in [0.2, 0.25) is 11.8 Å². The van der Waals surface area contributed by atoms with Crippen LogP contribution in [0.2, 0.25) is 0 Å². The molecule has 6 nitrogen and oxygen atoms in total. The van der Waals surface area contributed by atoms with Crippen LogP contribution in [0, 0.1) is 29.1 Å². The van der Waals surface area contributed by atoms with E-state index in [1.807, 2.05) is 23.6 Å². The summed E-state index contributed by atoms with van der Waals surface area (Å²) in [5.41, 5.74) is 1.03. The molecule has 4 aliphatic rings. The number of aliphatic hydroxyl groups is 1. The van der Waals surface area contributed by atoms with Crippen molar-refractivity contribution in [1.29, 1.82) is 0 Å². The molecule has 3 aliphatic carbocycles. The fourth-order valence-electron chi connectivity index (χ4n) is 6.41. The van der Waals surface area contributed by atoms with Crippen LogP contribution in [0.25, 0.3) is 0 Å². The number of rotatable bonds is 4. The van der Waals surface area contributed by atoms with Crippen molar-refractivity contribution in [3.8, 4) is 0 Å². The fourth-order valence-corrected chi connectivity index (χ4v) is 8.58. The van der Waals surface area contributed by atoms with Crippen LogP contribution in [0.1, 0.15) is 62.9 Å². The Bertz CT molecular complexity index is 895. The molecule has 1 aliphatic heterocycles. The van der Waals surface area contributed by atoms with Crippen molar-refractivity contribution in [2.75, 3.05) is 29.9 Å². The number of anilines is 1. The van der Waals surface area contributed by atoms with Crippen molar-refractivity contribution < 1.29 is 14.7 Å². The van der Waals surface area contributed by atoms with Gasteiger partial charge in [0.25, 0.3) is 0 Å². The molecule has 1 aromatic heterocycles. The van der Waals surface area contributed by atoms with Gasteiger partial charge in [0.15, 0.2) is 5.13 Å². The molecule has 0 bridgehead atoms. The molecule has 176 valence electrons. The summed E-state index contributed by atoms with van der Waals surface area (Å²) in [4.78, 5) is 33.5. The molecule has 2 N–H and O–H groups in total. The summed E-state index contributed by atoms with van der Waals surface area (Å²) < 4.78 is 0. The highest BCUT2D eigenvalue weighted by Gasteiger charge is 2.54. The average Bonchev–Trinajstić information content (AvgIpc) is 3.55. The number of nitrogens with one attached hydrogen (secondary N) is 1. The summed E-state index contributed by atoms with van der Waals surface area (Å²) in [6.07, 6.45) is 4.24. The van der Waals surface area contributed by atoms with Gasteiger partial charge in [-0.15, -0.1) is 11.3 Å². The number of fused-ring (bicyclic) bond motifs is 2. The van der Waals surface area contributed by atoms with E-state index in [9.17, 15) is 14.7 Å². The van der Waals surface area contributed by atoms with Gasteiger partial charge in [-0.25, -0.2) is 4.98 Å². The van der Waals surface area contributed by atoms with Crippen molar-refractivity contribution in [3.63, 3.8) is 0 Å². The lowest BCUT2D eigenvalue weighted by molar-refractivity contribution is -0.144. The van der Waals surface area contributed by atoms with Gasteiger partial charge >= 0.3 is 0 Å². The summed E-state index contributed by atoms with van der Waals surface area (Å²) in [6.45, 7) is 8.14. The average molecular weight is 478 g/mol. The number of hydrogen-bond donors (Lipinski definition) is 2. The van der Waals surface area contributed by atoms with Crippen molar-refractivity contribution >= 4 is 40.0 Å². The van der Waals surface area contributed by atoms with Crippen LogP contribution in [0.3, 0.4) is 0 Å². The number of carbonyl (C=O) groups is 2. The van der Waals surface area contributed by atoms with Crippen LogP contribution in [0.15, 0.2) is 0 Å². The molecule has 0 radical (unpaired) electrons. The first-order valence-electron chi connectivity index (χ1n) is 12.1. The topological polar surface area (TPSA) is 82.5 Å². The van der Waals surface area contributed by atoms with Gasteiger partial charge in [-0.05, 0) is 49.4 Å². The standard InChI is InChI=1S/C24H35N3O3S2/c1-13(22(30)27-8-10-31-11-9-27)16-6-7-24(3)12-17-19(14(2)18(24)20(16)28)25-23(32-17)26-21(29)15-4-5-15/h13-16,18,20,28H,4-12H2,1-3H3,(H,25,26,29)/t13-,14+,16+,18+,20-,24+/m0/s1. The zero-order valence-corrected chi connectivity index (χ0v) is 20.9. The second-order valence-electron chi connectivity index (χ2n) is 10.7. The minimum absolute atomic E-state index is 0.00281. The van der Waals surface area contributed by atoms with Gasteiger partial charge in [0.05, 0.1) is 11.8 Å². The zero-order valence-electron chi connectivity index (χ0n) is 19.3. The Hall–Kier alpha value is -1.12. The second-order valence-corrected chi connectivity index (χ2v) is 13.0. The molecule has 8 heteroatoms. The third-order valence-electron chi connectivity index (χ3n) is 8.45. The third-order valence-corrected chi connectivity index (χ3v) is 10.4. The van der Waals surface area contributed by atoms with Gasteiger partial charge in [-0.1, -0.05) is 20.8 Å². The Balaban J connectivity index is 1.34. The van der Waals surface area contributed by atoms with E-state index in [2.05, 4.69) is 19.2 Å². The third kappa shape index (κ3) is 4.00. The first kappa shape index (κ1) is 22.7. The fraction of sp³-hybridized carbons (Fsp3) is 0.792. The number of thiazole rings is 1. The van der Waals surface area contributed by atoms with Crippen molar-refractivity contribution in [3.05, 3.63) is 10.6 Å². The molecule has 2 heterocycles. The number of amides is 2. The van der Waals surface area contributed by atoms with E-state index in [-0.39, 0.29) is 46.8 Å². The maximum atomic E-state index is 13.2. The van der Waals surface area contributed by atoms with Gasteiger partial charge in [-0.2, -0.15) is 11.8 Å². The maximum Gasteiger partial charge on any atom is 0.229 e. The molecule has 5 rings (SSSR count). The number of hydrogen-bond acceptors (Lipinski definition) is 6. The van der Waals surface area contributed by atoms with E-state index in [1.54, 1.807) is 11.3 Å². The number of aliphatic hydroxyl groups excluding tert-OH is 1. The molecule has 3 fully saturated rings. The molecule has 0 unspecified atom stereocenters. The van der Waals surface area contributed by atoms with Crippen molar-refractivity contribution in [2.24, 2.45) is 29.1 Å². The van der Waals surface area contributed by atoms with Crippen LogP contribution < -0.4 is 5.32 Å². The molecule has 0 aromatic carbocycles. The largest absolute Gasteiger partial charge is 0.392 e. The molecule has 1 aromatic rings. The van der Waals surface area contributed by atoms with Crippen molar-refractivity contribution in [2.45, 2.75) is 64.9 Å². The lowest BCUT2D eigenvalue weighted by Gasteiger charge is -2.53. The van der Waals surface area contributed by atoms with E-state index in [0.717, 1.165) is 62.4 Å². The highest BCUT2D eigenvalue weighted by atomic mass is 32.2. The summed E-state index contributed by atoms with van der Waals surface area (Å²) in [7, 11) is 0. The number of nitrogens with zero attached hydrogens (tertiary/aromatic N) is 2. The summed E-state index contributed by atoms with van der Waals surface area (Å²) >= 11 is 3.52. The SMILES string of the molecule is C[C@H](C(=O)N1CCSCC1)[C@H]1CC[C@]2(C)Cc3sc(NC(=O)C4CC4)nc3[C@H](C)[C@@H]2[C@H]1O. The molecule has 32 heavy (non-hydrogen) atoms. The van der Waals surface area contributed by atoms with E-state index in [1.165, 1.54) is 4.88 Å². The quantitative estimate of drug-likeness (QED) is 0.690. The summed E-state index contributed by atoms with van der Waals surface area (Å²) in [5.74, 6) is 2.51. The van der Waals surface area contributed by atoms with E-state index in [0.29, 0.717) is 5.13 Å². The van der Waals surface area contributed by atoms with Crippen LogP contribution in [0.4, 0.5) is 5.13 Å².